The Balaban J connectivity index is 1.44. The highest BCUT2D eigenvalue weighted by molar-refractivity contribution is 5.94. The van der Waals surface area contributed by atoms with Gasteiger partial charge in [-0.1, -0.05) is 17.7 Å². The number of carbonyl (C=O) groups excluding carboxylic acids is 1. The number of amides is 1. The third kappa shape index (κ3) is 4.56. The van der Waals surface area contributed by atoms with E-state index in [0.29, 0.717) is 24.7 Å². The second-order valence-corrected chi connectivity index (χ2v) is 7.65. The van der Waals surface area contributed by atoms with Gasteiger partial charge < -0.3 is 15.1 Å². The largest absolute Gasteiger partial charge is 0.353 e. The summed E-state index contributed by atoms with van der Waals surface area (Å²) in [6, 6.07) is 13.6. The average Bonchev–Trinajstić information content (AvgIpc) is 2.73. The zero-order valence-corrected chi connectivity index (χ0v) is 17.6. The van der Waals surface area contributed by atoms with E-state index in [-0.39, 0.29) is 5.91 Å². The van der Waals surface area contributed by atoms with Gasteiger partial charge in [0.2, 0.25) is 0 Å². The fourth-order valence-electron chi connectivity index (χ4n) is 3.61. The lowest BCUT2D eigenvalue weighted by Crippen LogP contribution is -2.49. The first-order valence-corrected chi connectivity index (χ1v) is 10.1. The van der Waals surface area contributed by atoms with Crippen LogP contribution < -0.4 is 10.2 Å². The summed E-state index contributed by atoms with van der Waals surface area (Å²) in [6.45, 7) is 8.71. The Kier molecular flexibility index (Phi) is 5.61. The highest BCUT2D eigenvalue weighted by Crippen LogP contribution is 2.21. The van der Waals surface area contributed by atoms with Crippen LogP contribution in [-0.4, -0.2) is 51.9 Å². The average molecular weight is 403 g/mol. The Bertz CT molecular complexity index is 1060. The molecule has 1 N–H and O–H groups in total. The van der Waals surface area contributed by atoms with Crippen LogP contribution >= 0.6 is 0 Å². The molecule has 0 radical (unpaired) electrons. The van der Waals surface area contributed by atoms with Gasteiger partial charge in [-0.2, -0.15) is 0 Å². The smallest absolute Gasteiger partial charge is 0.253 e. The molecule has 2 aromatic heterocycles. The Morgan fingerprint density at radius 2 is 1.67 bits per heavy atom. The summed E-state index contributed by atoms with van der Waals surface area (Å²) in [7, 11) is 0. The Morgan fingerprint density at radius 1 is 0.900 bits per heavy atom. The molecule has 0 bridgehead atoms. The van der Waals surface area contributed by atoms with Crippen molar-refractivity contribution >= 4 is 23.4 Å². The molecule has 3 heterocycles. The molecule has 0 aliphatic carbocycles. The van der Waals surface area contributed by atoms with Crippen molar-refractivity contribution in [3.8, 4) is 0 Å². The summed E-state index contributed by atoms with van der Waals surface area (Å²) in [5.41, 5.74) is 2.98. The van der Waals surface area contributed by atoms with E-state index in [1.807, 2.05) is 68.1 Å². The first-order valence-electron chi connectivity index (χ1n) is 10.1. The van der Waals surface area contributed by atoms with Gasteiger partial charge in [-0.3, -0.25) is 4.79 Å². The molecule has 7 heteroatoms. The van der Waals surface area contributed by atoms with E-state index in [2.05, 4.69) is 25.2 Å². The summed E-state index contributed by atoms with van der Waals surface area (Å²) in [5.74, 6) is 3.12. The minimum absolute atomic E-state index is 0.0881. The maximum Gasteiger partial charge on any atom is 0.253 e. The normalized spacial score (nSPS) is 14.0. The predicted molar refractivity (Wildman–Crippen MR) is 118 cm³/mol. The molecule has 1 aromatic carbocycles. The molecule has 3 aromatic rings. The van der Waals surface area contributed by atoms with Crippen molar-refractivity contribution in [1.82, 2.24) is 19.9 Å². The number of aryl methyl sites for hydroxylation is 3. The van der Waals surface area contributed by atoms with Crippen LogP contribution in [0.25, 0.3) is 0 Å². The molecule has 0 atom stereocenters. The molecule has 1 aliphatic rings. The van der Waals surface area contributed by atoms with Crippen LogP contribution in [-0.2, 0) is 0 Å². The van der Waals surface area contributed by atoms with Gasteiger partial charge in [0.15, 0.2) is 0 Å². The van der Waals surface area contributed by atoms with E-state index in [1.165, 1.54) is 0 Å². The first-order chi connectivity index (χ1) is 14.5. The van der Waals surface area contributed by atoms with Gasteiger partial charge in [0, 0.05) is 44.0 Å². The molecule has 0 spiro atoms. The van der Waals surface area contributed by atoms with E-state index in [4.69, 9.17) is 0 Å². The lowest BCUT2D eigenvalue weighted by atomic mass is 10.1. The third-order valence-electron chi connectivity index (χ3n) is 5.15. The van der Waals surface area contributed by atoms with Crippen LogP contribution in [0.5, 0.6) is 0 Å². The molecule has 0 unspecified atom stereocenters. The van der Waals surface area contributed by atoms with Crippen LogP contribution in [0.4, 0.5) is 17.5 Å². The maximum atomic E-state index is 12.8. The molecule has 1 fully saturated rings. The van der Waals surface area contributed by atoms with Gasteiger partial charge in [-0.25, -0.2) is 15.0 Å². The zero-order valence-electron chi connectivity index (χ0n) is 17.6. The standard InChI is InChI=1S/C23H26N6O/c1-16-5-4-6-19(13-16)23(30)29-11-9-28(10-12-29)22-15-21(25-18(3)26-22)27-20-14-17(2)7-8-24-20/h4-8,13-15H,9-12H2,1-3H3,(H,24,25,26,27). The summed E-state index contributed by atoms with van der Waals surface area (Å²) >= 11 is 0. The van der Waals surface area contributed by atoms with Crippen molar-refractivity contribution in [3.05, 3.63) is 71.2 Å². The topological polar surface area (TPSA) is 74.2 Å². The van der Waals surface area contributed by atoms with Gasteiger partial charge in [-0.15, -0.1) is 0 Å². The summed E-state index contributed by atoms with van der Waals surface area (Å²) in [6.07, 6.45) is 1.77. The van der Waals surface area contributed by atoms with Crippen LogP contribution in [0, 0.1) is 20.8 Å². The summed E-state index contributed by atoms with van der Waals surface area (Å²) in [4.78, 5) is 30.3. The number of nitrogens with one attached hydrogen (secondary N) is 1. The SMILES string of the molecule is Cc1cccc(C(=O)N2CCN(c3cc(Nc4cc(C)ccn4)nc(C)n3)CC2)c1. The van der Waals surface area contributed by atoms with Crippen molar-refractivity contribution in [1.29, 1.82) is 0 Å². The molecule has 30 heavy (non-hydrogen) atoms. The van der Waals surface area contributed by atoms with Crippen molar-refractivity contribution in [2.75, 3.05) is 36.4 Å². The van der Waals surface area contributed by atoms with Crippen LogP contribution in [0.3, 0.4) is 0 Å². The number of piperazine rings is 1. The van der Waals surface area contributed by atoms with Gasteiger partial charge in [-0.05, 0) is 50.6 Å². The van der Waals surface area contributed by atoms with Crippen molar-refractivity contribution in [2.45, 2.75) is 20.8 Å². The number of anilines is 3. The minimum atomic E-state index is 0.0881. The fourth-order valence-corrected chi connectivity index (χ4v) is 3.61. The molecule has 4 rings (SSSR count). The molecule has 7 nitrogen and oxygen atoms in total. The number of carbonyl (C=O) groups is 1. The fraction of sp³-hybridized carbons (Fsp3) is 0.304. The predicted octanol–water partition coefficient (Wildman–Crippen LogP) is 3.50. The van der Waals surface area contributed by atoms with Gasteiger partial charge in [0.05, 0.1) is 0 Å². The van der Waals surface area contributed by atoms with Crippen LogP contribution in [0.1, 0.15) is 27.3 Å². The van der Waals surface area contributed by atoms with Gasteiger partial charge in [0.1, 0.15) is 23.3 Å². The zero-order chi connectivity index (χ0) is 21.1. The number of rotatable bonds is 4. The van der Waals surface area contributed by atoms with Crippen molar-refractivity contribution < 1.29 is 4.79 Å². The third-order valence-corrected chi connectivity index (χ3v) is 5.15. The number of pyridine rings is 1. The summed E-state index contributed by atoms with van der Waals surface area (Å²) < 4.78 is 0. The lowest BCUT2D eigenvalue weighted by molar-refractivity contribution is 0.0746. The van der Waals surface area contributed by atoms with Gasteiger partial charge in [0.25, 0.3) is 5.91 Å². The molecular weight excluding hydrogens is 376 g/mol. The van der Waals surface area contributed by atoms with Crippen molar-refractivity contribution in [2.24, 2.45) is 0 Å². The Labute approximate surface area is 176 Å². The number of aromatic nitrogens is 3. The van der Waals surface area contributed by atoms with Gasteiger partial charge >= 0.3 is 0 Å². The lowest BCUT2D eigenvalue weighted by Gasteiger charge is -2.35. The molecule has 154 valence electrons. The Morgan fingerprint density at radius 3 is 2.40 bits per heavy atom. The van der Waals surface area contributed by atoms with E-state index in [0.717, 1.165) is 41.4 Å². The van der Waals surface area contributed by atoms with Crippen LogP contribution in [0.15, 0.2) is 48.7 Å². The highest BCUT2D eigenvalue weighted by atomic mass is 16.2. The molecule has 1 saturated heterocycles. The molecule has 1 aliphatic heterocycles. The number of hydrogen-bond donors (Lipinski definition) is 1. The molecular formula is C23H26N6O. The minimum Gasteiger partial charge on any atom is -0.353 e. The number of benzene rings is 1. The van der Waals surface area contributed by atoms with Crippen molar-refractivity contribution in [3.63, 3.8) is 0 Å². The monoisotopic (exact) mass is 402 g/mol. The van der Waals surface area contributed by atoms with E-state index in [1.54, 1.807) is 6.20 Å². The maximum absolute atomic E-state index is 12.8. The van der Waals surface area contributed by atoms with Crippen LogP contribution in [0.2, 0.25) is 0 Å². The molecule has 1 amide bonds. The number of hydrogen-bond acceptors (Lipinski definition) is 6. The first kappa shape index (κ1) is 19.8. The second kappa shape index (κ2) is 8.49. The second-order valence-electron chi connectivity index (χ2n) is 7.65. The Hall–Kier alpha value is -3.48. The quantitative estimate of drug-likeness (QED) is 0.720. The van der Waals surface area contributed by atoms with E-state index >= 15 is 0 Å². The highest BCUT2D eigenvalue weighted by Gasteiger charge is 2.23. The number of nitrogens with zero attached hydrogens (tertiary/aromatic N) is 5. The summed E-state index contributed by atoms with van der Waals surface area (Å²) in [5, 5.41) is 3.27. The van der Waals surface area contributed by atoms with E-state index < -0.39 is 0 Å². The van der Waals surface area contributed by atoms with E-state index in [9.17, 15) is 4.79 Å². The molecule has 0 saturated carbocycles.